The summed E-state index contributed by atoms with van der Waals surface area (Å²) >= 11 is 0. The van der Waals surface area contributed by atoms with Crippen LogP contribution in [0.1, 0.15) is 54.5 Å². The van der Waals surface area contributed by atoms with Gasteiger partial charge in [0.25, 0.3) is 5.91 Å². The number of carbonyl (C=O) groups excluding carboxylic acids is 2. The van der Waals surface area contributed by atoms with Gasteiger partial charge in [-0.05, 0) is 44.0 Å². The summed E-state index contributed by atoms with van der Waals surface area (Å²) in [5, 5.41) is 3.17. The third-order valence-electron chi connectivity index (χ3n) is 3.96. The average molecular weight is 369 g/mol. The maximum atomic E-state index is 12.6. The van der Waals surface area contributed by atoms with Gasteiger partial charge in [0, 0.05) is 13.1 Å². The predicted octanol–water partition coefficient (Wildman–Crippen LogP) is 4.26. The van der Waals surface area contributed by atoms with Gasteiger partial charge in [-0.2, -0.15) is 0 Å². The molecule has 1 N–H and O–H groups in total. The highest BCUT2D eigenvalue weighted by Gasteiger charge is 2.16. The van der Waals surface area contributed by atoms with Gasteiger partial charge >= 0.3 is 5.97 Å². The number of hydrogen-bond acceptors (Lipinski definition) is 5. The molecular weight excluding hydrogens is 342 g/mol. The predicted molar refractivity (Wildman–Crippen MR) is 106 cm³/mol. The Bertz CT molecular complexity index is 754. The first-order chi connectivity index (χ1) is 13.1. The third-order valence-corrected chi connectivity index (χ3v) is 3.96. The van der Waals surface area contributed by atoms with Crippen LogP contribution in [0.3, 0.4) is 0 Å². The van der Waals surface area contributed by atoms with Crippen LogP contribution in [-0.4, -0.2) is 41.5 Å². The SMILES string of the molecule is CCCN(CCC)C(=O)c1ccc(Nc2ccccc2C(=O)OCC)cn1. The molecule has 0 saturated carbocycles. The second-order valence-electron chi connectivity index (χ2n) is 6.12. The maximum Gasteiger partial charge on any atom is 0.340 e. The van der Waals surface area contributed by atoms with E-state index in [1.165, 1.54) is 0 Å². The lowest BCUT2D eigenvalue weighted by Crippen LogP contribution is -2.33. The largest absolute Gasteiger partial charge is 0.462 e. The maximum absolute atomic E-state index is 12.6. The van der Waals surface area contributed by atoms with Crippen molar-refractivity contribution in [3.8, 4) is 0 Å². The second kappa shape index (κ2) is 10.3. The van der Waals surface area contributed by atoms with E-state index < -0.39 is 0 Å². The minimum Gasteiger partial charge on any atom is -0.462 e. The molecule has 0 saturated heterocycles. The lowest BCUT2D eigenvalue weighted by Gasteiger charge is -2.21. The van der Waals surface area contributed by atoms with Crippen molar-refractivity contribution in [3.63, 3.8) is 0 Å². The highest BCUT2D eigenvalue weighted by molar-refractivity contribution is 5.96. The zero-order chi connectivity index (χ0) is 19.6. The van der Waals surface area contributed by atoms with E-state index in [2.05, 4.69) is 24.1 Å². The number of benzene rings is 1. The first-order valence-electron chi connectivity index (χ1n) is 9.39. The number of pyridine rings is 1. The molecule has 6 heteroatoms. The molecule has 144 valence electrons. The van der Waals surface area contributed by atoms with Crippen molar-refractivity contribution in [2.45, 2.75) is 33.6 Å². The number of anilines is 2. The highest BCUT2D eigenvalue weighted by atomic mass is 16.5. The number of para-hydroxylation sites is 1. The molecule has 0 bridgehead atoms. The fourth-order valence-electron chi connectivity index (χ4n) is 2.75. The van der Waals surface area contributed by atoms with Crippen LogP contribution in [0.5, 0.6) is 0 Å². The van der Waals surface area contributed by atoms with E-state index in [9.17, 15) is 9.59 Å². The summed E-state index contributed by atoms with van der Waals surface area (Å²) in [6.45, 7) is 7.64. The zero-order valence-electron chi connectivity index (χ0n) is 16.2. The van der Waals surface area contributed by atoms with Crippen molar-refractivity contribution in [3.05, 3.63) is 53.9 Å². The van der Waals surface area contributed by atoms with Gasteiger partial charge in [0.1, 0.15) is 5.69 Å². The minimum absolute atomic E-state index is 0.0582. The molecule has 1 aromatic heterocycles. The molecule has 0 fully saturated rings. The molecule has 0 aliphatic rings. The summed E-state index contributed by atoms with van der Waals surface area (Å²) in [6.07, 6.45) is 3.43. The summed E-state index contributed by atoms with van der Waals surface area (Å²) < 4.78 is 5.08. The van der Waals surface area contributed by atoms with Crippen molar-refractivity contribution in [2.24, 2.45) is 0 Å². The molecule has 0 atom stereocenters. The van der Waals surface area contributed by atoms with Gasteiger partial charge < -0.3 is 15.0 Å². The van der Waals surface area contributed by atoms with E-state index in [0.717, 1.165) is 25.9 Å². The number of nitrogens with zero attached hydrogens (tertiary/aromatic N) is 2. The molecule has 1 amide bonds. The fourth-order valence-corrected chi connectivity index (χ4v) is 2.75. The number of amides is 1. The van der Waals surface area contributed by atoms with Crippen molar-refractivity contribution >= 4 is 23.3 Å². The van der Waals surface area contributed by atoms with Crippen LogP contribution in [0.15, 0.2) is 42.6 Å². The smallest absolute Gasteiger partial charge is 0.340 e. The molecule has 27 heavy (non-hydrogen) atoms. The minimum atomic E-state index is -0.380. The molecule has 1 heterocycles. The Morgan fingerprint density at radius 3 is 2.33 bits per heavy atom. The number of esters is 1. The summed E-state index contributed by atoms with van der Waals surface area (Å²) in [4.78, 5) is 30.8. The lowest BCUT2D eigenvalue weighted by atomic mass is 10.1. The fraction of sp³-hybridized carbons (Fsp3) is 0.381. The summed E-state index contributed by atoms with van der Waals surface area (Å²) in [5.74, 6) is -0.438. The number of rotatable bonds is 9. The van der Waals surface area contributed by atoms with Crippen LogP contribution in [0.25, 0.3) is 0 Å². The van der Waals surface area contributed by atoms with Crippen molar-refractivity contribution in [1.82, 2.24) is 9.88 Å². The first-order valence-corrected chi connectivity index (χ1v) is 9.39. The quantitative estimate of drug-likeness (QED) is 0.669. The first kappa shape index (κ1) is 20.4. The standard InChI is InChI=1S/C21H27N3O3/c1-4-13-24(14-5-2)20(25)19-12-11-16(15-22-19)23-18-10-8-7-9-17(18)21(26)27-6-3/h7-12,15,23H,4-6,13-14H2,1-3H3. The van der Waals surface area contributed by atoms with E-state index in [1.807, 2.05) is 11.0 Å². The van der Waals surface area contributed by atoms with Crippen LogP contribution in [0.4, 0.5) is 11.4 Å². The number of carbonyl (C=O) groups is 2. The average Bonchev–Trinajstić information content (AvgIpc) is 2.68. The highest BCUT2D eigenvalue weighted by Crippen LogP contribution is 2.21. The van der Waals surface area contributed by atoms with Gasteiger partial charge in [0.15, 0.2) is 0 Å². The molecule has 1 aromatic carbocycles. The summed E-state index contributed by atoms with van der Waals surface area (Å²) in [5.41, 5.74) is 2.20. The van der Waals surface area contributed by atoms with Gasteiger partial charge in [-0.1, -0.05) is 26.0 Å². The van der Waals surface area contributed by atoms with Crippen LogP contribution in [0, 0.1) is 0 Å². The topological polar surface area (TPSA) is 71.5 Å². The molecule has 2 rings (SSSR count). The summed E-state index contributed by atoms with van der Waals surface area (Å²) in [7, 11) is 0. The van der Waals surface area contributed by atoms with Gasteiger partial charge in [-0.15, -0.1) is 0 Å². The van der Waals surface area contributed by atoms with E-state index in [-0.39, 0.29) is 11.9 Å². The monoisotopic (exact) mass is 369 g/mol. The second-order valence-corrected chi connectivity index (χ2v) is 6.12. The van der Waals surface area contributed by atoms with Crippen LogP contribution < -0.4 is 5.32 Å². The van der Waals surface area contributed by atoms with Gasteiger partial charge in [0.05, 0.1) is 29.7 Å². The molecule has 0 unspecified atom stereocenters. The Balaban J connectivity index is 2.14. The number of hydrogen-bond donors (Lipinski definition) is 1. The molecule has 0 radical (unpaired) electrons. The van der Waals surface area contributed by atoms with Gasteiger partial charge in [-0.3, -0.25) is 4.79 Å². The molecule has 0 aliphatic carbocycles. The van der Waals surface area contributed by atoms with E-state index >= 15 is 0 Å². The van der Waals surface area contributed by atoms with E-state index in [0.29, 0.717) is 29.2 Å². The van der Waals surface area contributed by atoms with Gasteiger partial charge in [0.2, 0.25) is 0 Å². The number of nitrogens with one attached hydrogen (secondary N) is 1. The Kier molecular flexibility index (Phi) is 7.79. The molecule has 2 aromatic rings. The Morgan fingerprint density at radius 2 is 1.74 bits per heavy atom. The summed E-state index contributed by atoms with van der Waals surface area (Å²) in [6, 6.07) is 10.6. The van der Waals surface area contributed by atoms with E-state index in [4.69, 9.17) is 4.74 Å². The normalized spacial score (nSPS) is 10.3. The van der Waals surface area contributed by atoms with Gasteiger partial charge in [-0.25, -0.2) is 9.78 Å². The van der Waals surface area contributed by atoms with Crippen molar-refractivity contribution < 1.29 is 14.3 Å². The number of ether oxygens (including phenoxy) is 1. The molecule has 0 aliphatic heterocycles. The molecule has 6 nitrogen and oxygen atoms in total. The third kappa shape index (κ3) is 5.54. The van der Waals surface area contributed by atoms with Crippen LogP contribution in [-0.2, 0) is 4.74 Å². The Labute approximate surface area is 160 Å². The molecule has 0 spiro atoms. The van der Waals surface area contributed by atoms with Crippen LogP contribution in [0.2, 0.25) is 0 Å². The number of aromatic nitrogens is 1. The lowest BCUT2D eigenvalue weighted by molar-refractivity contribution is 0.0527. The Morgan fingerprint density at radius 1 is 1.04 bits per heavy atom. The molecular formula is C21H27N3O3. The van der Waals surface area contributed by atoms with Crippen LogP contribution >= 0.6 is 0 Å². The zero-order valence-corrected chi connectivity index (χ0v) is 16.2. The van der Waals surface area contributed by atoms with Crippen molar-refractivity contribution in [2.75, 3.05) is 25.0 Å². The van der Waals surface area contributed by atoms with Crippen molar-refractivity contribution in [1.29, 1.82) is 0 Å². The Hall–Kier alpha value is -2.89. The van der Waals surface area contributed by atoms with E-state index in [1.54, 1.807) is 43.5 Å².